The van der Waals surface area contributed by atoms with Crippen molar-refractivity contribution in [3.8, 4) is 0 Å². The van der Waals surface area contributed by atoms with E-state index < -0.39 is 0 Å². The smallest absolute Gasteiger partial charge is 0.225 e. The first-order valence-corrected chi connectivity index (χ1v) is 8.78. The maximum absolute atomic E-state index is 12.9. The second-order valence-electron chi connectivity index (χ2n) is 6.87. The maximum Gasteiger partial charge on any atom is 0.225 e. The Morgan fingerprint density at radius 2 is 2.13 bits per heavy atom. The van der Waals surface area contributed by atoms with E-state index in [1.807, 2.05) is 9.58 Å². The fourth-order valence-corrected chi connectivity index (χ4v) is 4.13. The van der Waals surface area contributed by atoms with Crippen LogP contribution in [0, 0.1) is 5.92 Å². The van der Waals surface area contributed by atoms with Gasteiger partial charge < -0.3 is 14.5 Å². The molecule has 0 aromatic carbocycles. The van der Waals surface area contributed by atoms with Crippen LogP contribution >= 0.6 is 0 Å². The highest BCUT2D eigenvalue weighted by molar-refractivity contribution is 5.79. The predicted octanol–water partition coefficient (Wildman–Crippen LogP) is 0.682. The Balaban J connectivity index is 1.42. The molecule has 1 amide bonds. The maximum atomic E-state index is 12.9. The normalized spacial score (nSPS) is 29.2. The number of likely N-dealkylation sites (tertiary alicyclic amines) is 2. The first kappa shape index (κ1) is 15.1. The quantitative estimate of drug-likeness (QED) is 0.802. The zero-order chi connectivity index (χ0) is 15.8. The minimum absolute atomic E-state index is 0.120. The summed E-state index contributed by atoms with van der Waals surface area (Å²) in [4.78, 5) is 17.4. The molecular formula is C16H25N5O2. The van der Waals surface area contributed by atoms with E-state index in [1.54, 1.807) is 6.20 Å². The van der Waals surface area contributed by atoms with Crippen LogP contribution in [0.15, 0.2) is 6.20 Å². The van der Waals surface area contributed by atoms with Crippen molar-refractivity contribution in [1.29, 1.82) is 0 Å². The molecule has 3 aliphatic rings. The average Bonchev–Trinajstić information content (AvgIpc) is 3.10. The third-order valence-corrected chi connectivity index (χ3v) is 5.62. The molecule has 0 N–H and O–H groups in total. The largest absolute Gasteiger partial charge is 0.370 e. The molecule has 3 aliphatic heterocycles. The summed E-state index contributed by atoms with van der Waals surface area (Å²) in [5.74, 6) is 0.514. The molecule has 0 spiro atoms. The number of piperidine rings is 2. The lowest BCUT2D eigenvalue weighted by Gasteiger charge is -2.42. The number of nitrogens with zero attached hydrogens (tertiary/aromatic N) is 5. The Labute approximate surface area is 136 Å². The van der Waals surface area contributed by atoms with Crippen molar-refractivity contribution >= 4 is 5.91 Å². The third kappa shape index (κ3) is 2.76. The van der Waals surface area contributed by atoms with Crippen molar-refractivity contribution < 1.29 is 9.53 Å². The van der Waals surface area contributed by atoms with Crippen LogP contribution in [0.1, 0.15) is 37.9 Å². The van der Waals surface area contributed by atoms with Gasteiger partial charge >= 0.3 is 0 Å². The number of carbonyl (C=O) groups is 1. The predicted molar refractivity (Wildman–Crippen MR) is 83.7 cm³/mol. The lowest BCUT2D eigenvalue weighted by molar-refractivity contribution is -0.143. The molecule has 126 valence electrons. The van der Waals surface area contributed by atoms with Crippen LogP contribution in [0.2, 0.25) is 0 Å². The van der Waals surface area contributed by atoms with Crippen LogP contribution in [0.3, 0.4) is 0 Å². The van der Waals surface area contributed by atoms with Gasteiger partial charge in [-0.15, -0.1) is 5.10 Å². The van der Waals surface area contributed by atoms with E-state index in [9.17, 15) is 4.79 Å². The molecule has 7 nitrogen and oxygen atoms in total. The van der Waals surface area contributed by atoms with Gasteiger partial charge in [-0.25, -0.2) is 4.68 Å². The monoisotopic (exact) mass is 319 g/mol. The van der Waals surface area contributed by atoms with Gasteiger partial charge in [0, 0.05) is 19.0 Å². The molecule has 2 saturated heterocycles. The summed E-state index contributed by atoms with van der Waals surface area (Å²) < 4.78 is 7.89. The second kappa shape index (κ2) is 6.20. The van der Waals surface area contributed by atoms with Crippen LogP contribution in [0.25, 0.3) is 0 Å². The van der Waals surface area contributed by atoms with Gasteiger partial charge in [-0.1, -0.05) is 12.1 Å². The van der Waals surface area contributed by atoms with Crippen LogP contribution in [-0.2, 0) is 16.1 Å². The minimum Gasteiger partial charge on any atom is -0.370 e. The molecule has 4 rings (SSSR count). The standard InChI is InChI=1S/C16H25N5O2/c1-2-19-6-3-12(4-7-19)16(22)20-8-5-15-14(10-20)21-13(11-23-15)9-17-18-21/h9,12,14-15H,2-8,10-11H2,1H3/t14-,15+/m0/s1. The molecule has 0 saturated carbocycles. The number of fused-ring (bicyclic) bond motifs is 3. The van der Waals surface area contributed by atoms with Crippen molar-refractivity contribution in [2.24, 2.45) is 5.92 Å². The summed E-state index contributed by atoms with van der Waals surface area (Å²) >= 11 is 0. The average molecular weight is 319 g/mol. The second-order valence-corrected chi connectivity index (χ2v) is 6.87. The van der Waals surface area contributed by atoms with E-state index in [0.29, 0.717) is 19.1 Å². The highest BCUT2D eigenvalue weighted by atomic mass is 16.5. The summed E-state index contributed by atoms with van der Waals surface area (Å²) in [6.07, 6.45) is 4.79. The molecule has 4 heterocycles. The van der Waals surface area contributed by atoms with Gasteiger partial charge in [-0.3, -0.25) is 4.79 Å². The Bertz CT molecular complexity index is 567. The lowest BCUT2D eigenvalue weighted by Crippen LogP contribution is -2.52. The number of amides is 1. The molecule has 0 unspecified atom stereocenters. The molecule has 0 radical (unpaired) electrons. The molecule has 1 aromatic heterocycles. The Hall–Kier alpha value is -1.47. The number of ether oxygens (including phenoxy) is 1. The molecule has 0 aliphatic carbocycles. The van der Waals surface area contributed by atoms with Crippen molar-refractivity contribution in [2.75, 3.05) is 32.7 Å². The molecule has 7 heteroatoms. The fourth-order valence-electron chi connectivity index (χ4n) is 4.13. The summed E-state index contributed by atoms with van der Waals surface area (Å²) in [6, 6.07) is 0.120. The highest BCUT2D eigenvalue weighted by Gasteiger charge is 2.39. The van der Waals surface area contributed by atoms with Gasteiger partial charge in [0.2, 0.25) is 5.91 Å². The first-order chi connectivity index (χ1) is 11.3. The molecule has 2 atom stereocenters. The highest BCUT2D eigenvalue weighted by Crippen LogP contribution is 2.31. The van der Waals surface area contributed by atoms with Crippen LogP contribution in [0.5, 0.6) is 0 Å². The van der Waals surface area contributed by atoms with E-state index in [4.69, 9.17) is 4.74 Å². The zero-order valence-electron chi connectivity index (χ0n) is 13.7. The van der Waals surface area contributed by atoms with Gasteiger partial charge in [0.15, 0.2) is 0 Å². The molecular weight excluding hydrogens is 294 g/mol. The number of hydrogen-bond acceptors (Lipinski definition) is 5. The van der Waals surface area contributed by atoms with Crippen molar-refractivity contribution in [3.05, 3.63) is 11.9 Å². The summed E-state index contributed by atoms with van der Waals surface area (Å²) in [6.45, 7) is 7.45. The molecule has 2 fully saturated rings. The number of hydrogen-bond donors (Lipinski definition) is 0. The summed E-state index contributed by atoms with van der Waals surface area (Å²) in [5, 5.41) is 8.21. The van der Waals surface area contributed by atoms with Gasteiger partial charge in [0.25, 0.3) is 0 Å². The van der Waals surface area contributed by atoms with Crippen LogP contribution < -0.4 is 0 Å². The molecule has 0 bridgehead atoms. The minimum atomic E-state index is 0.120. The van der Waals surface area contributed by atoms with Crippen molar-refractivity contribution in [1.82, 2.24) is 24.8 Å². The van der Waals surface area contributed by atoms with Crippen molar-refractivity contribution in [2.45, 2.75) is 44.9 Å². The Morgan fingerprint density at radius 3 is 2.91 bits per heavy atom. The number of carbonyl (C=O) groups excluding carboxylic acids is 1. The van der Waals surface area contributed by atoms with Gasteiger partial charge in [0.05, 0.1) is 30.6 Å². The van der Waals surface area contributed by atoms with Crippen molar-refractivity contribution in [3.63, 3.8) is 0 Å². The molecule has 23 heavy (non-hydrogen) atoms. The topological polar surface area (TPSA) is 63.5 Å². The van der Waals surface area contributed by atoms with E-state index in [-0.39, 0.29) is 18.1 Å². The van der Waals surface area contributed by atoms with Crippen LogP contribution in [-0.4, -0.2) is 69.5 Å². The van der Waals surface area contributed by atoms with Gasteiger partial charge in [0.1, 0.15) is 0 Å². The summed E-state index contributed by atoms with van der Waals surface area (Å²) in [5.41, 5.74) is 1.01. The van der Waals surface area contributed by atoms with Gasteiger partial charge in [-0.05, 0) is 38.9 Å². The van der Waals surface area contributed by atoms with E-state index in [0.717, 1.165) is 51.1 Å². The number of aromatic nitrogens is 3. The SMILES string of the molecule is CCN1CCC(C(=O)N2CC[C@H]3OCc4cnnn4[C@H]3C2)CC1. The zero-order valence-corrected chi connectivity index (χ0v) is 13.7. The van der Waals surface area contributed by atoms with Gasteiger partial charge in [-0.2, -0.15) is 0 Å². The Morgan fingerprint density at radius 1 is 1.30 bits per heavy atom. The van der Waals surface area contributed by atoms with E-state index in [1.165, 1.54) is 0 Å². The number of rotatable bonds is 2. The van der Waals surface area contributed by atoms with E-state index in [2.05, 4.69) is 22.1 Å². The summed E-state index contributed by atoms with van der Waals surface area (Å²) in [7, 11) is 0. The van der Waals surface area contributed by atoms with E-state index >= 15 is 0 Å². The Kier molecular flexibility index (Phi) is 4.07. The lowest BCUT2D eigenvalue weighted by atomic mass is 9.93. The molecule has 1 aromatic rings. The van der Waals surface area contributed by atoms with Crippen LogP contribution in [0.4, 0.5) is 0 Å². The fraction of sp³-hybridized carbons (Fsp3) is 0.812. The third-order valence-electron chi connectivity index (χ3n) is 5.62. The first-order valence-electron chi connectivity index (χ1n) is 8.78.